The molecule has 4 N–H and O–H groups in total. The highest BCUT2D eigenvalue weighted by Crippen LogP contribution is 2.43. The maximum absolute atomic E-state index is 12.6. The molecule has 0 aromatic rings. The fraction of sp³-hybridized carbons (Fsp3) is 0.804. The highest BCUT2D eigenvalue weighted by Gasteiger charge is 2.28. The van der Waals surface area contributed by atoms with Crippen LogP contribution in [0.3, 0.4) is 0 Å². The number of unbranched alkanes of at least 4 members (excludes halogenated alkanes) is 23. The summed E-state index contributed by atoms with van der Waals surface area (Å²) in [5.41, 5.74) is 5.34. The summed E-state index contributed by atoms with van der Waals surface area (Å²) in [5.74, 6) is -2.40. The van der Waals surface area contributed by atoms with Gasteiger partial charge in [0.2, 0.25) is 0 Å². The second-order valence-electron chi connectivity index (χ2n) is 15.5. The maximum Gasteiger partial charge on any atom is 0.472 e. The van der Waals surface area contributed by atoms with Crippen LogP contribution in [0.2, 0.25) is 0 Å². The third-order valence-corrected chi connectivity index (χ3v) is 10.8. The molecule has 0 rings (SSSR count). The molecule has 0 bridgehead atoms. The van der Waals surface area contributed by atoms with Gasteiger partial charge in [0.1, 0.15) is 12.6 Å². The molecule has 0 spiro atoms. The molecule has 0 heterocycles. The Morgan fingerprint density at radius 3 is 1.40 bits per heavy atom. The van der Waals surface area contributed by atoms with Crippen LogP contribution in [0.4, 0.5) is 0 Å². The molecular formula is C46H84NO10P. The van der Waals surface area contributed by atoms with Gasteiger partial charge in [-0.05, 0) is 51.4 Å². The first-order valence-corrected chi connectivity index (χ1v) is 24.5. The van der Waals surface area contributed by atoms with E-state index in [4.69, 9.17) is 24.8 Å². The molecule has 58 heavy (non-hydrogen) atoms. The van der Waals surface area contributed by atoms with E-state index >= 15 is 0 Å². The molecule has 0 saturated carbocycles. The Bertz CT molecular complexity index is 1130. The van der Waals surface area contributed by atoms with Crippen LogP contribution in [-0.4, -0.2) is 59.9 Å². The molecule has 3 atom stereocenters. The molecule has 0 aliphatic rings. The molecule has 0 amide bonds. The molecule has 0 radical (unpaired) electrons. The van der Waals surface area contributed by atoms with Crippen molar-refractivity contribution < 1.29 is 47.5 Å². The van der Waals surface area contributed by atoms with Crippen LogP contribution in [0, 0.1) is 0 Å². The first kappa shape index (κ1) is 55.7. The van der Waals surface area contributed by atoms with E-state index in [1.54, 1.807) is 0 Å². The van der Waals surface area contributed by atoms with Crippen molar-refractivity contribution in [2.24, 2.45) is 5.73 Å². The number of phosphoric acid groups is 1. The molecule has 0 aromatic carbocycles. The van der Waals surface area contributed by atoms with Gasteiger partial charge in [0, 0.05) is 12.8 Å². The summed E-state index contributed by atoms with van der Waals surface area (Å²) in [4.78, 5) is 46.0. The van der Waals surface area contributed by atoms with Crippen molar-refractivity contribution in [1.82, 2.24) is 0 Å². The van der Waals surface area contributed by atoms with Gasteiger partial charge in [-0.25, -0.2) is 4.57 Å². The van der Waals surface area contributed by atoms with Crippen LogP contribution in [0.5, 0.6) is 0 Å². The second-order valence-corrected chi connectivity index (χ2v) is 17.0. The molecular weight excluding hydrogens is 757 g/mol. The summed E-state index contributed by atoms with van der Waals surface area (Å²) < 4.78 is 32.7. The van der Waals surface area contributed by atoms with Crippen molar-refractivity contribution in [3.63, 3.8) is 0 Å². The van der Waals surface area contributed by atoms with E-state index in [0.29, 0.717) is 12.8 Å². The fourth-order valence-corrected chi connectivity index (χ4v) is 7.03. The first-order valence-electron chi connectivity index (χ1n) is 23.0. The number of hydrogen-bond donors (Lipinski definition) is 3. The van der Waals surface area contributed by atoms with Crippen LogP contribution in [0.15, 0.2) is 36.5 Å². The van der Waals surface area contributed by atoms with Crippen LogP contribution in [0.1, 0.15) is 206 Å². The van der Waals surface area contributed by atoms with Gasteiger partial charge in [-0.2, -0.15) is 0 Å². The molecule has 1 unspecified atom stereocenters. The van der Waals surface area contributed by atoms with Gasteiger partial charge in [0.05, 0.1) is 13.2 Å². The van der Waals surface area contributed by atoms with Gasteiger partial charge in [0.25, 0.3) is 0 Å². The zero-order valence-electron chi connectivity index (χ0n) is 36.6. The molecule has 0 aromatic heterocycles. The van der Waals surface area contributed by atoms with Crippen LogP contribution >= 0.6 is 7.82 Å². The Balaban J connectivity index is 4.35. The number of allylic oxidation sites excluding steroid dienone is 6. The summed E-state index contributed by atoms with van der Waals surface area (Å²) in [6.07, 6.45) is 44.9. The van der Waals surface area contributed by atoms with Gasteiger partial charge in [-0.3, -0.25) is 23.4 Å². The van der Waals surface area contributed by atoms with E-state index in [1.807, 2.05) is 0 Å². The summed E-state index contributed by atoms with van der Waals surface area (Å²) in [6.45, 7) is 2.77. The zero-order chi connectivity index (χ0) is 42.8. The minimum Gasteiger partial charge on any atom is -0.480 e. The van der Waals surface area contributed by atoms with E-state index in [1.165, 1.54) is 109 Å². The van der Waals surface area contributed by atoms with Crippen LogP contribution in [0.25, 0.3) is 0 Å². The standard InChI is InChI=1S/C46H84NO10P/c1-3-5-7-9-11-13-15-17-19-21-23-25-27-29-31-33-35-37-44(48)54-39-42(40-55-58(52,53)56-41-43(47)46(50)51)57-45(49)38-36-34-32-30-28-26-24-22-20-18-16-14-12-10-8-6-4-2/h11,13,17,19,23,25,42-43H,3-10,12,14-16,18,20-22,24,26-41,47H2,1-2H3,(H,50,51)(H,52,53)/b13-11+,19-17+,25-23+/t42-,43+/m1/s1. The fourth-order valence-electron chi connectivity index (χ4n) is 6.25. The number of rotatable bonds is 43. The van der Waals surface area contributed by atoms with E-state index in [-0.39, 0.29) is 19.4 Å². The number of hydrogen-bond acceptors (Lipinski definition) is 9. The quantitative estimate of drug-likeness (QED) is 0.0231. The average molecular weight is 842 g/mol. The van der Waals surface area contributed by atoms with Gasteiger partial charge in [-0.15, -0.1) is 0 Å². The largest absolute Gasteiger partial charge is 0.480 e. The highest BCUT2D eigenvalue weighted by molar-refractivity contribution is 7.47. The molecule has 0 aliphatic carbocycles. The molecule has 0 fully saturated rings. The second kappa shape index (κ2) is 41.4. The first-order chi connectivity index (χ1) is 28.1. The predicted octanol–water partition coefficient (Wildman–Crippen LogP) is 12.4. The average Bonchev–Trinajstić information content (AvgIpc) is 3.20. The molecule has 11 nitrogen and oxygen atoms in total. The number of carboxylic acids is 1. The summed E-state index contributed by atoms with van der Waals surface area (Å²) in [6, 6.07) is -1.52. The number of nitrogens with two attached hydrogens (primary N) is 1. The molecule has 12 heteroatoms. The maximum atomic E-state index is 12.6. The number of carboxylic acid groups (broad SMARTS) is 1. The lowest BCUT2D eigenvalue weighted by Gasteiger charge is -2.20. The number of carbonyl (C=O) groups is 3. The van der Waals surface area contributed by atoms with Crippen molar-refractivity contribution in [2.45, 2.75) is 219 Å². The molecule has 338 valence electrons. The third kappa shape index (κ3) is 40.5. The summed E-state index contributed by atoms with van der Waals surface area (Å²) in [5, 5.41) is 8.90. The van der Waals surface area contributed by atoms with Crippen molar-refractivity contribution in [1.29, 1.82) is 0 Å². The number of aliphatic carboxylic acids is 1. The minimum atomic E-state index is -4.72. The SMILES string of the molecule is CCCCC/C=C/C/C=C/C/C=C/CCCCCCC(=O)OC[C@H](COP(=O)(O)OC[C@H](N)C(=O)O)OC(=O)CCCCCCCCCCCCCCCCCCC. The normalized spacial score (nSPS) is 14.0. The van der Waals surface area contributed by atoms with Gasteiger partial charge < -0.3 is 25.2 Å². The van der Waals surface area contributed by atoms with Crippen molar-refractivity contribution in [2.75, 3.05) is 19.8 Å². The lowest BCUT2D eigenvalue weighted by molar-refractivity contribution is -0.161. The Morgan fingerprint density at radius 2 is 0.914 bits per heavy atom. The third-order valence-electron chi connectivity index (χ3n) is 9.89. The van der Waals surface area contributed by atoms with E-state index in [9.17, 15) is 23.8 Å². The number of ether oxygens (including phenoxy) is 2. The Kier molecular flexibility index (Phi) is 39.8. The Hall–Kier alpha value is -2.30. The Morgan fingerprint density at radius 1 is 0.534 bits per heavy atom. The molecule has 0 aliphatic heterocycles. The summed E-state index contributed by atoms with van der Waals surface area (Å²) in [7, 11) is -4.72. The predicted molar refractivity (Wildman–Crippen MR) is 235 cm³/mol. The summed E-state index contributed by atoms with van der Waals surface area (Å²) >= 11 is 0. The monoisotopic (exact) mass is 842 g/mol. The number of carbonyl (C=O) groups excluding carboxylic acids is 2. The van der Waals surface area contributed by atoms with Crippen molar-refractivity contribution in [3.05, 3.63) is 36.5 Å². The topological polar surface area (TPSA) is 172 Å². The van der Waals surface area contributed by atoms with Crippen LogP contribution in [-0.2, 0) is 37.5 Å². The van der Waals surface area contributed by atoms with Gasteiger partial charge in [-0.1, -0.05) is 179 Å². The van der Waals surface area contributed by atoms with E-state index < -0.39 is 51.1 Å². The number of esters is 2. The van der Waals surface area contributed by atoms with Crippen LogP contribution < -0.4 is 5.73 Å². The van der Waals surface area contributed by atoms with E-state index in [0.717, 1.165) is 57.8 Å². The lowest BCUT2D eigenvalue weighted by Crippen LogP contribution is -2.34. The van der Waals surface area contributed by atoms with Crippen molar-refractivity contribution >= 4 is 25.7 Å². The lowest BCUT2D eigenvalue weighted by atomic mass is 10.0. The smallest absolute Gasteiger partial charge is 0.472 e. The number of phosphoric ester groups is 1. The Labute approximate surface area is 353 Å². The minimum absolute atomic E-state index is 0.159. The van der Waals surface area contributed by atoms with Crippen molar-refractivity contribution in [3.8, 4) is 0 Å². The van der Waals surface area contributed by atoms with Gasteiger partial charge in [0.15, 0.2) is 6.10 Å². The zero-order valence-corrected chi connectivity index (χ0v) is 37.5. The van der Waals surface area contributed by atoms with E-state index in [2.05, 4.69) is 54.8 Å². The highest BCUT2D eigenvalue weighted by atomic mass is 31.2. The van der Waals surface area contributed by atoms with Gasteiger partial charge >= 0.3 is 25.7 Å². The molecule has 0 saturated heterocycles.